The van der Waals surface area contributed by atoms with Crippen LogP contribution in [-0.4, -0.2) is 56.3 Å². The number of ether oxygens (including phenoxy) is 1. The number of epoxide rings is 1. The predicted molar refractivity (Wildman–Crippen MR) is 849 cm³/mol. The third kappa shape index (κ3) is 7.45. The van der Waals surface area contributed by atoms with E-state index in [2.05, 4.69) is 58.3 Å². The van der Waals surface area contributed by atoms with Crippen molar-refractivity contribution in [2.75, 3.05) is 0 Å². The van der Waals surface area contributed by atoms with Crippen LogP contribution < -0.4 is 5.32 Å². The second kappa shape index (κ2) is 14.2. The Morgan fingerprint density at radius 2 is 1.88 bits per heavy atom. The first-order valence-electron chi connectivity index (χ1n) is 16.6. The Morgan fingerprint density at radius 3 is 2.42 bits per heavy atom. The fourth-order valence-corrected chi connectivity index (χ4v) is 8.09. The molecule has 1 aromatic rings. The fraction of sp³-hybridized carbons (Fsp3) is 0.800. The normalized spacial score (nSPS) is 37.0. The first kappa shape index (κ1) is 35.9. The van der Waals surface area contributed by atoms with Crippen LogP contribution in [0.25, 0.3) is 6.08 Å². The van der Waals surface area contributed by atoms with E-state index in [-0.39, 0.29) is 497 Å². The molecule has 2 aliphatic heterocycles. The number of carbonyl (C=O) groups is 2. The van der Waals surface area contributed by atoms with E-state index in [1.165, 1.54) is 0 Å². The largest absolute Gasteiger partial charge is 0.392 e. The quantitative estimate of drug-likeness (QED) is 0.235. The summed E-state index contributed by atoms with van der Waals surface area (Å²) in [7, 11) is 0. The molecular weight excluding hydrogens is 560 g/mol. The summed E-state index contributed by atoms with van der Waals surface area (Å²) in [6.45, 7) is 20.1. The van der Waals surface area contributed by atoms with Gasteiger partial charge in [-0.05, 0) is 63.0 Å². The first-order chi connectivity index (χ1) is 20.1. The maximum Gasteiger partial charge on any atom is 0.223 e. The smallest absolute Gasteiger partial charge is 0.223 e. The Hall–Kier alpha value is -1.61. The van der Waals surface area contributed by atoms with Gasteiger partial charge in [0.05, 0.1) is 52.0 Å². The first-order valence-corrected chi connectivity index (χ1v) is 17.5. The Kier molecular flexibility index (Phi) is 11.9. The van der Waals surface area contributed by atoms with E-state index in [9.17, 15) is 19.8 Å². The van der Waals surface area contributed by atoms with Gasteiger partial charge in [0.25, 0.3) is 0 Å². The summed E-state index contributed by atoms with van der Waals surface area (Å²) < 4.78 is 6.57. The van der Waals surface area contributed by atoms with E-state index in [1.807, 2.05) is 13.8 Å². The number of carbonyl (C=O) groups excluding carboxylic acids is 2. The number of aromatic nitrogens is 1. The van der Waals surface area contributed by atoms with Crippen molar-refractivity contribution in [2.45, 2.75) is 156 Å². The summed E-state index contributed by atoms with van der Waals surface area (Å²) in [5.41, 5.74) is 0.0781. The van der Waals surface area contributed by atoms with Crippen LogP contribution in [0.4, 0.5) is 0 Å². The summed E-state index contributed by atoms with van der Waals surface area (Å²) in [5, 5.41) is 29.3. The summed E-state index contributed by atoms with van der Waals surface area (Å²) in [5.74, 6) is -1.03. The van der Waals surface area contributed by atoms with E-state index in [0.29, 0.717) is 12.3 Å². The Labute approximate surface area is 737 Å². The van der Waals surface area contributed by atoms with E-state index >= 15 is 0 Å². The number of hydrogen-bond acceptors (Lipinski definition) is 7. The maximum atomic E-state index is 14.0. The highest BCUT2D eigenvalue weighted by molar-refractivity contribution is 7.09. The fourth-order valence-electron chi connectivity index (χ4n) is 7.30. The van der Waals surface area contributed by atoms with Crippen LogP contribution in [0.1, 0.15) is 592 Å². The van der Waals surface area contributed by atoms with Gasteiger partial charge < -0.3 is 20.3 Å². The molecule has 2 aliphatic rings. The molecule has 1 unspecified atom stereocenters. The number of aliphatic hydroxyl groups is 2. The molecule has 8 heteroatoms. The molecule has 43 heavy (non-hydrogen) atoms. The number of ketones is 1. The molecule has 3 rings (SSSR count). The van der Waals surface area contributed by atoms with Gasteiger partial charge >= 0.3 is 0 Å². The second-order valence-electron chi connectivity index (χ2n) is 14.2. The lowest BCUT2D eigenvalue weighted by atomic mass is 9.65. The zero-order chi connectivity index (χ0) is 32.3. The van der Waals surface area contributed by atoms with Crippen LogP contribution in [0.5, 0.6) is 0 Å². The molecule has 0 radical (unpaired) electrons. The van der Waals surface area contributed by atoms with Crippen LogP contribution in [0.15, 0.2) is 11.0 Å². The van der Waals surface area contributed by atoms with Crippen molar-refractivity contribution in [3.63, 3.8) is 0 Å². The number of hydrogen-bond donors (Lipinski definition) is 3. The zero-order valence-corrected chi connectivity index (χ0v) is 29.1. The second-order valence-corrected chi connectivity index (χ2v) is 15.1. The number of rotatable bonds is 7. The van der Waals surface area contributed by atoms with Crippen LogP contribution in [0, 0.1) is 23.2 Å². The predicted octanol–water partition coefficient (Wildman–Crippen LogP) is 85.5. The third-order valence-electron chi connectivity index (χ3n) is 11.0. The van der Waals surface area contributed by atoms with E-state index in [1.54, 1.807) is 25.2 Å². The molecule has 2 saturated heterocycles. The van der Waals surface area contributed by atoms with Gasteiger partial charge in [-0.2, -0.15) is 0 Å². The molecule has 882 valence electrons. The van der Waals surface area contributed by atoms with Crippen LogP contribution in [0.2, 0.25) is 0 Å². The van der Waals surface area contributed by atoms with Gasteiger partial charge in [0.15, 0.2) is 0 Å². The van der Waals surface area contributed by atoms with Crippen molar-refractivity contribution in [1.29, 1.82) is 0 Å². The Bertz CT molecular complexity index is 1340. The lowest BCUT2D eigenvalue weighted by molar-refractivity contribution is -0.149. The van der Waals surface area contributed by atoms with Crippen LogP contribution >= 0.6 is 11.3 Å². The molecule has 0 saturated carbocycles. The highest BCUT2D eigenvalue weighted by atomic mass is 32.1. The van der Waals surface area contributed by atoms with Crippen molar-refractivity contribution >= 4 is 29.1 Å². The third-order valence-corrected chi connectivity index (χ3v) is 12.1. The zero-order valence-electron chi connectivity index (χ0n) is 28.3. The molecule has 0 aromatic carbocycles. The molecule has 2 fully saturated rings. The number of thiazole rings is 1. The van der Waals surface area contributed by atoms with Gasteiger partial charge in [-0.25, -0.2) is 4.98 Å². The van der Waals surface area contributed by atoms with Crippen molar-refractivity contribution in [1.82, 2.24) is 10.3 Å². The number of nitrogens with zero attached hydrogens (tertiary/aromatic N) is 1. The molecule has 0 spiro atoms. The highest BCUT2D eigenvalue weighted by Crippen LogP contribution is 2.56. The van der Waals surface area contributed by atoms with Gasteiger partial charge in [-0.15, -0.1) is 11.3 Å². The SMILES string of the molecule is CC/C(=C\c1csc(C(C)C)n1)[C@@H]1C[C@]2(C)O[C@]2(CC)CCC[C@H](CC)[C@H](O)[C@@H](C)C(=O)C(C)(C(C)C)[C@@H](O)CC(=O)N1.[HH].[HH].[HH].[HH].[HH].[HH].[HH].[HH].[HH].[HH].[HH].[HH].[HH].[HH].[HH].[HH].[HH].[HH].[HH].[HH].[HH].[HH].[HH].[HH].[HH].[HH].[HH].[HH].[HH].[HH].[HH].[HH].[HH].[HH].[HH].[HH].[HH].[HH].[HH].[HH].[HH].[HH].[HH].[HH].[HH].[HH].[HH].[HH].[HH].[HH].[HH].[HH].[HH].[HH].[HH].[HH].[HH].[HH].[HH].[HH].[HH].[HH].[HH].[HH].[HH].[HH].[HH].[HH].[HH].[HH].[HH].[HH].[HH].[HH].[HH].[HH].[HH].[HH].[HH].[HH].[HH].[HH].[HH].[HH].[HH].[HH].[HH].[HH].[HH].[HH].[HH].[HH].[HH].[HH].[HH].[HH].[HH].[HH].[HH].[HH].[HH].[HH].[HH].[HH].[HH].[HH].[HH].[HH].[HH].[HH].[HH].[HH].[HH].[HH].[HH].[HH].[HH].[HH].[HH].[HH].[HH].[HH].[HH].[HH].[HH].[HH].[HH].[HH].[HH].[HH].[HH].[HH].[HH].[HH].[HH].[HH].[HH].[HH].[HH].[HH].[HH].[HH].[HH].[HH].[HH].[HH].[HH].[HH].[HH].[HH].[HH].[HH].[HH].[HH].[HH].[HH].[HH].[HH].[HH].[HH].[HH].[HH].[HH].[HH].[HH].[HH].[HH].[HH].[HH].[HH].[HH].[HH].[HH].[HH].[HH].[HH].[HH].[HH].[HH].[HH].[HH].[HH].[HH].[HH].[HH].[HH].[HH].[HH].[HH].[HH].[HH].[HH].[HH].[HH].[HH].[HH].[HH].[HH].[HH].[HH].[HH].[HH].[HH].[HH].[HH].[HH].[HH].[HH].[HH].[HH].[HH].[HH].[HH].[HH].[HH].[HH].[HH].[HH].[HH].[HH].[HH].[HH].[HH].[HH].[HH].[HH].[HH].[HH].[HH].[HH].[HH].[HH].[HH].[HH].[HH].[HH].[HH].[HH].[HH].[HH].[HH].[HH].[HH].[HH].[HH].[HH].[HH].[HH].[HH].[HH].[HH].[HH].[HH].[HH].[HH].[HH].[HH].[HH].[HH].[HH].[HH].[HH].[HH].[HH].[HH].[HH].[HH].[HH].[HH].[HH].[HH].[HH].[HH].[HH].[HH].[HH].[HH].[HH].[HH].[HH].[HH].[HH].[HH].[HH].[HH].[HH].[HH].[HH].[HH].[HH].[HH].[HH].[HH].[HH].[HH].[HH].[HH].[HH].[HH].[HH].[HH].[HH].[HH].[HH].[HH].[HH].[HH].[HH].[HH].[HH].[HH].[HH].[HH].[HH].[HH].[HH].[HH].[HH].[HH]. The molecule has 0 bridgehead atoms. The van der Waals surface area contributed by atoms with Crippen molar-refractivity contribution in [3.8, 4) is 0 Å². The standard InChI is InChI=1S/C35H58N2O5S.319H2/c1-11-24-15-14-16-35(13-3)33(9,42-35)19-27(25(12-2)17-26-20-43-32(36-26)21(4)5)37-29(39)18-28(38)34(10,22(6)7)31(41)23(8)30(24)40;;;;;;;;;;;;;;;;;;;;;;;;;;;;;;;;;;;;;;;;;;;;;;;;;;;;;;;;;;;;;;;;;;;;;;;;;;;;;;;;;;;;;;;;;;;;;;;;;;;;;;;;;;;;;;;;;;;;;;;;;;;;;;;;;;;;;;;;;;;;;;;;;;;;;;;;;;;;;;;;;;;;;;;;;;;;;;;;;;;;;;;;;;;;;;;;;;;;;;;;;;;;;;;;;;;;;;;;;;;;;;;;;;;;;;;;;;;;;;;;;;;;;;;;;;;;;;;;;;;;;;;;;;;;;;;;;;;;;;;;;;;;;;;;;;;;;;;;;;;;;;;;;;;;;;;;;;;;;;;/h17,20-24,27-28,30,38,40H,11-16,18-19H2,1-10H3,(H,37,39);319*1H/b25-17+;;;;;;;;;;;;;;;;;;;;;;;;;;;;;;;;;;;;;;;;;;;;;;;;;;;;;;;;;;;;;;;;;;;;;;;;;;;;;;;;;;;;;;;;;;;;;;;;;;;;;;;;;;;;;;;;;;;;;;;;;;;;;;;;;;;;;;;;;;;;;;;;;;;;;;;;;;;;;;;;;;;;;;;;;;;;;;;;;;;;;;;;;;;;;;;;;;;;;;;;;;;;;;;;;;;;;;;;;;;;;;;;;;;;;;;;;;;;;;;;;;;;;;;;;;;;;;;;;;;;;;;;;;;;;;;;;;;;;;;;;;;;;;;;;;;;;;;;;;;;;;;;;;;;;;;;;;;;;;;/t23-,24+,27+,28+,30-,33+,34?,35-;;;;;;;;;;;;;;;;;;;;;;;;;;;;;;;;;;;;;;;;;;;;;;;;;;;;;;;;;;;;;;;;;;;;;;;;;;;;;;;;;;;;;;;;;;;;;;;;;;;;;;;;;;;;;;;;;;;;;;;;;;;;;;;;;;;;;;;;;;;;;;;;;;;;;;;;;;;;;;;;;;;;;;;;;;;;;;;;;;;;;;;;;;;;;;;;;;;;;;;;;;;;;;;;;;;;;;;;;;;;;;;;;;;;;;;;;;;;;;;;;;;;;;;;;;;;;;;;;;;;;;;;;;;;;;;;;;;;;;;;;;;;;;;;;;;;;;;;;;;;;;;;;;;;;;;;;;;;;;;/m1.............................................................................................................................................................................................................................................................................................................................../s1. The summed E-state index contributed by atoms with van der Waals surface area (Å²) >= 11 is 1.65. The molecule has 8 atom stereocenters. The van der Waals surface area contributed by atoms with E-state index < -0.39 is 29.1 Å². The average Bonchev–Trinajstić information content (AvgIpc) is 3.27. The van der Waals surface area contributed by atoms with Crippen molar-refractivity contribution in [2.24, 2.45) is 23.2 Å². The number of aliphatic hydroxyl groups excluding tert-OH is 2. The molecule has 0 aliphatic carbocycles. The molecule has 3 heterocycles. The minimum absolute atomic E-state index is 0. The minimum Gasteiger partial charge on any atom is -0.392 e. The topological polar surface area (TPSA) is 112 Å². The molecule has 1 aromatic heterocycles. The highest BCUT2D eigenvalue weighted by Gasteiger charge is 2.65. The van der Waals surface area contributed by atoms with Crippen LogP contribution in [0.3, 0.4) is 0 Å². The molecule has 7 nitrogen and oxygen atoms in total. The summed E-state index contributed by atoms with van der Waals surface area (Å²) in [6, 6.07) is -0.301. The van der Waals surface area contributed by atoms with Gasteiger partial charge in [0.1, 0.15) is 5.78 Å². The molecule has 3 N–H and O–H groups in total. The summed E-state index contributed by atoms with van der Waals surface area (Å²) in [4.78, 5) is 32.5. The monoisotopic (exact) mass is 1260 g/mol. The number of amides is 1. The van der Waals surface area contributed by atoms with Crippen molar-refractivity contribution in [3.05, 3.63) is 21.7 Å². The van der Waals surface area contributed by atoms with Crippen LogP contribution in [-0.2, 0) is 14.3 Å². The van der Waals surface area contributed by atoms with Gasteiger partial charge in [-0.1, -0.05) is 68.2 Å². The Balaban J connectivity index is -0.000000000202. The molecular formula is C35H696N2O5S. The lowest BCUT2D eigenvalue weighted by Crippen LogP contribution is -2.51. The number of nitrogens with one attached hydrogen (secondary N) is 1. The van der Waals surface area contributed by atoms with Crippen molar-refractivity contribution < 1.29 is 480 Å². The average molecular weight is 1260 g/mol. The maximum absolute atomic E-state index is 14.0. The lowest BCUT2D eigenvalue weighted by Gasteiger charge is -2.40. The number of fused-ring (bicyclic) bond motifs is 1. The Morgan fingerprint density at radius 1 is 1.21 bits per heavy atom. The summed E-state index contributed by atoms with van der Waals surface area (Å²) in [6.07, 6.45) is 5.42. The van der Waals surface area contributed by atoms with E-state index in [4.69, 9.17) is 9.72 Å². The van der Waals surface area contributed by atoms with Gasteiger partial charge in [0, 0.05) is 479 Å². The minimum atomic E-state index is -1.19. The van der Waals surface area contributed by atoms with E-state index in [0.717, 1.165) is 54.8 Å². The van der Waals surface area contributed by atoms with Gasteiger partial charge in [0.2, 0.25) is 5.91 Å². The molecule has 1 amide bonds. The van der Waals surface area contributed by atoms with Gasteiger partial charge in [-0.3, -0.25) is 9.59 Å². The number of Topliss-reactive ketones (excluding diaryl/α,β-unsaturated/α-hetero) is 1.